The van der Waals surface area contributed by atoms with Gasteiger partial charge in [-0.2, -0.15) is 0 Å². The molecule has 0 radical (unpaired) electrons. The molecule has 0 amide bonds. The Morgan fingerprint density at radius 1 is 0.373 bits per heavy atom. The number of phosphoric ester groups is 1. The zero-order chi connectivity index (χ0) is 60.1. The summed E-state index contributed by atoms with van der Waals surface area (Å²) in [4.78, 5) is 35.3. The predicted octanol–water partition coefficient (Wildman–Crippen LogP) is 23.2. The van der Waals surface area contributed by atoms with Crippen LogP contribution < -0.4 is 5.73 Å². The Morgan fingerprint density at radius 2 is 0.663 bits per heavy atom. The van der Waals surface area contributed by atoms with Gasteiger partial charge in [-0.15, -0.1) is 0 Å². The predicted molar refractivity (Wildman–Crippen MR) is 358 cm³/mol. The van der Waals surface area contributed by atoms with E-state index in [1.807, 2.05) is 0 Å². The van der Waals surface area contributed by atoms with Gasteiger partial charge in [0.25, 0.3) is 0 Å². The van der Waals surface area contributed by atoms with Gasteiger partial charge in [0.2, 0.25) is 0 Å². The van der Waals surface area contributed by atoms with Crippen molar-refractivity contribution in [3.05, 3.63) is 72.9 Å². The highest BCUT2D eigenvalue weighted by molar-refractivity contribution is 7.47. The van der Waals surface area contributed by atoms with Crippen molar-refractivity contribution < 1.29 is 37.6 Å². The second-order valence-corrected chi connectivity index (χ2v) is 25.2. The number of allylic oxidation sites excluding steroid dienone is 12. The smallest absolute Gasteiger partial charge is 0.462 e. The van der Waals surface area contributed by atoms with E-state index in [9.17, 15) is 19.0 Å². The quantitative estimate of drug-likeness (QED) is 0.0264. The molecule has 2 unspecified atom stereocenters. The van der Waals surface area contributed by atoms with Crippen molar-refractivity contribution in [2.45, 2.75) is 354 Å². The minimum absolute atomic E-state index is 0.0527. The van der Waals surface area contributed by atoms with Crippen LogP contribution in [0.15, 0.2) is 72.9 Å². The summed E-state index contributed by atoms with van der Waals surface area (Å²) in [6.45, 7) is 3.67. The first-order chi connectivity index (χ1) is 40.8. The first kappa shape index (κ1) is 80.5. The lowest BCUT2D eigenvalue weighted by Gasteiger charge is -2.19. The van der Waals surface area contributed by atoms with Crippen LogP contribution in [0.2, 0.25) is 0 Å². The van der Waals surface area contributed by atoms with Crippen molar-refractivity contribution >= 4 is 19.8 Å². The first-order valence-electron chi connectivity index (χ1n) is 35.4. The first-order valence-corrected chi connectivity index (χ1v) is 36.9. The Bertz CT molecular complexity index is 1590. The molecule has 0 saturated carbocycles. The van der Waals surface area contributed by atoms with Crippen molar-refractivity contribution in [3.63, 3.8) is 0 Å². The minimum Gasteiger partial charge on any atom is -0.462 e. The second kappa shape index (κ2) is 68.6. The Hall–Kier alpha value is -2.55. The topological polar surface area (TPSA) is 134 Å². The number of esters is 2. The van der Waals surface area contributed by atoms with Gasteiger partial charge in [-0.3, -0.25) is 18.6 Å². The van der Waals surface area contributed by atoms with Crippen molar-refractivity contribution in [2.24, 2.45) is 5.73 Å². The number of ether oxygens (including phenoxy) is 2. The van der Waals surface area contributed by atoms with Crippen LogP contribution in [0.5, 0.6) is 0 Å². The monoisotopic (exact) mass is 1180 g/mol. The number of carbonyl (C=O) groups excluding carboxylic acids is 2. The standard InChI is InChI=1S/C73H134NO8P/c1-3-5-7-9-11-13-15-17-19-21-23-25-27-29-30-31-32-33-34-35-36-37-38-39-40-42-43-45-47-49-51-53-55-57-59-61-63-65-72(75)79-69-71(70-81-83(77,78)80-68-67-74)82-73(76)66-64-62-60-58-56-54-52-50-48-46-44-41-28-26-24-22-20-18-16-14-12-10-8-6-4-2/h6,8,12,14-15,17-18,20-21,23-24,26,71H,3-5,7,9-11,13,16,19,22,25,27-70,74H2,1-2H3,(H,77,78)/b8-6-,14-12-,17-15-,20-18-,23-21-,26-24-. The summed E-state index contributed by atoms with van der Waals surface area (Å²) in [5, 5.41) is 0. The van der Waals surface area contributed by atoms with Crippen molar-refractivity contribution in [1.82, 2.24) is 0 Å². The van der Waals surface area contributed by atoms with Crippen LogP contribution in [0, 0.1) is 0 Å². The number of nitrogens with two attached hydrogens (primary N) is 1. The molecule has 0 aromatic rings. The molecule has 0 rings (SSSR count). The molecule has 83 heavy (non-hydrogen) atoms. The highest BCUT2D eigenvalue weighted by Gasteiger charge is 2.26. The molecule has 0 saturated heterocycles. The van der Waals surface area contributed by atoms with E-state index in [0.717, 1.165) is 70.6 Å². The molecule has 0 spiro atoms. The van der Waals surface area contributed by atoms with E-state index in [2.05, 4.69) is 86.8 Å². The number of hydrogen-bond donors (Lipinski definition) is 2. The van der Waals surface area contributed by atoms with Gasteiger partial charge in [0.15, 0.2) is 6.10 Å². The SMILES string of the molecule is CC/C=C\C/C=C\C/C=C\C/C=C\CCCCCCCCCCCCCCC(=O)OC(COC(=O)CCCCCCCCCCCCCCCCCCCCCCCCCCC/C=C\C/C=C\CCCCCCC)COP(=O)(O)OCCN. The minimum atomic E-state index is -4.39. The van der Waals surface area contributed by atoms with Gasteiger partial charge in [-0.05, 0) is 83.5 Å². The third kappa shape index (κ3) is 68.4. The van der Waals surface area contributed by atoms with Crippen LogP contribution >= 0.6 is 7.82 Å². The van der Waals surface area contributed by atoms with E-state index < -0.39 is 26.5 Å². The van der Waals surface area contributed by atoms with Crippen LogP contribution in [0.3, 0.4) is 0 Å². The van der Waals surface area contributed by atoms with Gasteiger partial charge >= 0.3 is 19.8 Å². The number of phosphoric acid groups is 1. The van der Waals surface area contributed by atoms with E-state index in [4.69, 9.17) is 24.3 Å². The van der Waals surface area contributed by atoms with E-state index in [0.29, 0.717) is 6.42 Å². The summed E-state index contributed by atoms with van der Waals surface area (Å²) in [6.07, 6.45) is 90.1. The average molecular weight is 1180 g/mol. The number of hydrogen-bond acceptors (Lipinski definition) is 8. The zero-order valence-corrected chi connectivity index (χ0v) is 55.3. The Morgan fingerprint density at radius 3 is 0.988 bits per heavy atom. The zero-order valence-electron chi connectivity index (χ0n) is 54.4. The maximum Gasteiger partial charge on any atom is 0.472 e. The second-order valence-electron chi connectivity index (χ2n) is 23.7. The molecule has 0 aliphatic heterocycles. The van der Waals surface area contributed by atoms with Gasteiger partial charge in [0.1, 0.15) is 6.61 Å². The molecular weight excluding hydrogens is 1050 g/mol. The molecule has 0 aromatic carbocycles. The molecule has 484 valence electrons. The van der Waals surface area contributed by atoms with E-state index in [1.165, 1.54) is 244 Å². The summed E-state index contributed by atoms with van der Waals surface area (Å²) < 4.78 is 33.2. The Kier molecular flexibility index (Phi) is 66.5. The highest BCUT2D eigenvalue weighted by atomic mass is 31.2. The third-order valence-electron chi connectivity index (χ3n) is 15.6. The van der Waals surface area contributed by atoms with E-state index >= 15 is 0 Å². The van der Waals surface area contributed by atoms with E-state index in [-0.39, 0.29) is 38.6 Å². The molecule has 3 N–H and O–H groups in total. The van der Waals surface area contributed by atoms with Gasteiger partial charge in [0, 0.05) is 19.4 Å². The van der Waals surface area contributed by atoms with Crippen molar-refractivity contribution in [3.8, 4) is 0 Å². The molecule has 9 nitrogen and oxygen atoms in total. The molecule has 10 heteroatoms. The Labute approximate surface area is 513 Å². The number of unbranched alkanes of at least 4 members (excludes halogenated alkanes) is 42. The summed E-state index contributed by atoms with van der Waals surface area (Å²) in [5.74, 6) is -0.816. The van der Waals surface area contributed by atoms with Gasteiger partial charge in [-0.25, -0.2) is 4.57 Å². The lowest BCUT2D eigenvalue weighted by molar-refractivity contribution is -0.161. The molecule has 0 aliphatic carbocycles. The molecule has 0 fully saturated rings. The summed E-state index contributed by atoms with van der Waals surface area (Å²) in [6, 6.07) is 0. The van der Waals surface area contributed by atoms with Gasteiger partial charge in [-0.1, -0.05) is 324 Å². The fourth-order valence-electron chi connectivity index (χ4n) is 10.4. The fraction of sp³-hybridized carbons (Fsp3) is 0.808. The van der Waals surface area contributed by atoms with Crippen LogP contribution in [-0.2, 0) is 32.7 Å². The molecular formula is C73H134NO8P. The van der Waals surface area contributed by atoms with Gasteiger partial charge < -0.3 is 20.1 Å². The third-order valence-corrected chi connectivity index (χ3v) is 16.6. The van der Waals surface area contributed by atoms with Crippen LogP contribution in [0.4, 0.5) is 0 Å². The molecule has 0 aromatic heterocycles. The number of carbonyl (C=O) groups is 2. The van der Waals surface area contributed by atoms with Crippen molar-refractivity contribution in [1.29, 1.82) is 0 Å². The summed E-state index contributed by atoms with van der Waals surface area (Å²) in [5.41, 5.74) is 5.40. The van der Waals surface area contributed by atoms with Gasteiger partial charge in [0.05, 0.1) is 13.2 Å². The lowest BCUT2D eigenvalue weighted by atomic mass is 10.0. The molecule has 0 bridgehead atoms. The fourth-order valence-corrected chi connectivity index (χ4v) is 11.1. The average Bonchev–Trinajstić information content (AvgIpc) is 3.49. The molecule has 2 atom stereocenters. The highest BCUT2D eigenvalue weighted by Crippen LogP contribution is 2.43. The maximum atomic E-state index is 12.8. The van der Waals surface area contributed by atoms with E-state index in [1.54, 1.807) is 0 Å². The normalized spacial score (nSPS) is 13.3. The van der Waals surface area contributed by atoms with Crippen LogP contribution in [-0.4, -0.2) is 49.3 Å². The largest absolute Gasteiger partial charge is 0.472 e. The summed E-state index contributed by atoms with van der Waals surface area (Å²) >= 11 is 0. The Balaban J connectivity index is 3.80. The van der Waals surface area contributed by atoms with Crippen LogP contribution in [0.25, 0.3) is 0 Å². The summed E-state index contributed by atoms with van der Waals surface area (Å²) in [7, 11) is -4.39. The maximum absolute atomic E-state index is 12.8. The molecule has 0 heterocycles. The van der Waals surface area contributed by atoms with Crippen molar-refractivity contribution in [2.75, 3.05) is 26.4 Å². The van der Waals surface area contributed by atoms with Crippen LogP contribution in [0.1, 0.15) is 348 Å². The molecule has 0 aliphatic rings. The lowest BCUT2D eigenvalue weighted by Crippen LogP contribution is -2.29. The number of rotatable bonds is 67.